The molecule has 0 spiro atoms. The van der Waals surface area contributed by atoms with Gasteiger partial charge in [-0.2, -0.15) is 0 Å². The molecule has 5 N–H and O–H groups in total. The van der Waals surface area contributed by atoms with Gasteiger partial charge in [-0.05, 0) is 18.7 Å². The van der Waals surface area contributed by atoms with E-state index in [1.165, 1.54) is 17.8 Å². The molecule has 0 bridgehead atoms. The van der Waals surface area contributed by atoms with Crippen molar-refractivity contribution in [2.24, 2.45) is 0 Å². The van der Waals surface area contributed by atoms with E-state index in [0.29, 0.717) is 46.7 Å². The second-order valence-corrected chi connectivity index (χ2v) is 4.98. The zero-order valence-corrected chi connectivity index (χ0v) is 12.6. The lowest BCUT2D eigenvalue weighted by Crippen LogP contribution is -2.04. The number of nitrogens with two attached hydrogens (primary N) is 2. The second-order valence-electron chi connectivity index (χ2n) is 4.00. The molecule has 0 amide bonds. The number of hydrogen-bond acceptors (Lipinski definition) is 9. The van der Waals surface area contributed by atoms with Crippen LogP contribution in [0.3, 0.4) is 0 Å². The molecule has 0 aliphatic carbocycles. The first-order valence-electron chi connectivity index (χ1n) is 6.32. The third kappa shape index (κ3) is 4.43. The Morgan fingerprint density at radius 3 is 2.48 bits per heavy atom. The van der Waals surface area contributed by atoms with E-state index in [4.69, 9.17) is 16.2 Å². The predicted molar refractivity (Wildman–Crippen MR) is 81.9 cm³/mol. The first-order chi connectivity index (χ1) is 10.1. The van der Waals surface area contributed by atoms with Gasteiger partial charge in [-0.15, -0.1) is 0 Å². The molecule has 9 heteroatoms. The summed E-state index contributed by atoms with van der Waals surface area (Å²) in [6.07, 6.45) is 0. The molecule has 0 fully saturated rings. The van der Waals surface area contributed by atoms with Gasteiger partial charge < -0.3 is 21.5 Å². The molecule has 0 aliphatic heterocycles. The molecule has 0 saturated carbocycles. The fraction of sp³-hybridized carbons (Fsp3) is 0.333. The highest BCUT2D eigenvalue weighted by molar-refractivity contribution is 7.99. The van der Waals surface area contributed by atoms with Crippen LogP contribution in [0.1, 0.15) is 12.7 Å². The summed E-state index contributed by atoms with van der Waals surface area (Å²) in [5.74, 6) is 1.92. The van der Waals surface area contributed by atoms with Crippen molar-refractivity contribution in [3.8, 4) is 0 Å². The normalized spacial score (nSPS) is 10.6. The number of nitrogens with one attached hydrogen (secondary N) is 1. The molecule has 0 atom stereocenters. The maximum absolute atomic E-state index is 5.66. The molecule has 2 aromatic rings. The summed E-state index contributed by atoms with van der Waals surface area (Å²) in [5.41, 5.74) is 11.3. The van der Waals surface area contributed by atoms with Crippen LogP contribution in [0.25, 0.3) is 0 Å². The van der Waals surface area contributed by atoms with Gasteiger partial charge in [0.2, 0.25) is 0 Å². The average molecular weight is 307 g/mol. The van der Waals surface area contributed by atoms with Crippen molar-refractivity contribution in [1.82, 2.24) is 19.9 Å². The lowest BCUT2D eigenvalue weighted by atomic mass is 10.5. The first-order valence-corrected chi connectivity index (χ1v) is 7.13. The molecule has 2 aromatic heterocycles. The number of anilines is 3. The molecule has 112 valence electrons. The van der Waals surface area contributed by atoms with Crippen LogP contribution in [0.2, 0.25) is 0 Å². The molecular formula is C12H17N7OS. The molecule has 0 saturated heterocycles. The molecule has 0 aromatic carbocycles. The third-order valence-corrected chi connectivity index (χ3v) is 3.16. The number of rotatable bonds is 6. The molecular weight excluding hydrogens is 290 g/mol. The minimum Gasteiger partial charge on any atom is -0.383 e. The fourth-order valence-electron chi connectivity index (χ4n) is 1.51. The Morgan fingerprint density at radius 2 is 1.86 bits per heavy atom. The maximum atomic E-state index is 5.66. The smallest absolute Gasteiger partial charge is 0.197 e. The minimum absolute atomic E-state index is 0.322. The number of aromatic nitrogens is 4. The minimum atomic E-state index is 0.322. The number of nitrogen functional groups attached to an aromatic ring is 2. The summed E-state index contributed by atoms with van der Waals surface area (Å²) in [6, 6.07) is 3.30. The van der Waals surface area contributed by atoms with Crippen LogP contribution in [-0.2, 0) is 11.3 Å². The quantitative estimate of drug-likeness (QED) is 0.532. The zero-order chi connectivity index (χ0) is 15.2. The largest absolute Gasteiger partial charge is 0.383 e. The van der Waals surface area contributed by atoms with Crippen molar-refractivity contribution in [1.29, 1.82) is 0 Å². The lowest BCUT2D eigenvalue weighted by Gasteiger charge is -2.07. The van der Waals surface area contributed by atoms with Crippen molar-refractivity contribution in [2.45, 2.75) is 23.7 Å². The maximum Gasteiger partial charge on any atom is 0.197 e. The van der Waals surface area contributed by atoms with Crippen LogP contribution in [0.5, 0.6) is 0 Å². The number of ether oxygens (including phenoxy) is 1. The molecule has 2 rings (SSSR count). The Labute approximate surface area is 126 Å². The topological polar surface area (TPSA) is 125 Å². The highest BCUT2D eigenvalue weighted by atomic mass is 32.2. The van der Waals surface area contributed by atoms with Crippen LogP contribution < -0.4 is 16.8 Å². The van der Waals surface area contributed by atoms with Gasteiger partial charge in [-0.3, -0.25) is 0 Å². The van der Waals surface area contributed by atoms with Crippen LogP contribution in [0.15, 0.2) is 22.3 Å². The monoisotopic (exact) mass is 307 g/mol. The molecule has 0 aliphatic rings. The predicted octanol–water partition coefficient (Wildman–Crippen LogP) is 1.16. The van der Waals surface area contributed by atoms with E-state index in [1.807, 2.05) is 6.92 Å². The van der Waals surface area contributed by atoms with Crippen LogP contribution >= 0.6 is 11.8 Å². The van der Waals surface area contributed by atoms with E-state index in [1.54, 1.807) is 13.1 Å². The van der Waals surface area contributed by atoms with Crippen molar-refractivity contribution in [2.75, 3.05) is 30.4 Å². The van der Waals surface area contributed by atoms with Crippen LogP contribution in [-0.4, -0.2) is 33.6 Å². The van der Waals surface area contributed by atoms with E-state index < -0.39 is 0 Å². The van der Waals surface area contributed by atoms with Gasteiger partial charge in [-0.1, -0.05) is 0 Å². The molecule has 21 heavy (non-hydrogen) atoms. The van der Waals surface area contributed by atoms with Gasteiger partial charge in [0.1, 0.15) is 29.1 Å². The van der Waals surface area contributed by atoms with Gasteiger partial charge in [-0.25, -0.2) is 19.9 Å². The van der Waals surface area contributed by atoms with E-state index >= 15 is 0 Å². The van der Waals surface area contributed by atoms with Crippen molar-refractivity contribution in [3.63, 3.8) is 0 Å². The van der Waals surface area contributed by atoms with Gasteiger partial charge in [0, 0.05) is 25.8 Å². The summed E-state index contributed by atoms with van der Waals surface area (Å²) >= 11 is 1.26. The van der Waals surface area contributed by atoms with Gasteiger partial charge in [0.15, 0.2) is 11.0 Å². The molecule has 8 nitrogen and oxygen atoms in total. The summed E-state index contributed by atoms with van der Waals surface area (Å²) < 4.78 is 5.33. The van der Waals surface area contributed by atoms with Gasteiger partial charge in [0.05, 0.1) is 0 Å². The summed E-state index contributed by atoms with van der Waals surface area (Å²) in [4.78, 5) is 16.9. The fourth-order valence-corrected chi connectivity index (χ4v) is 2.32. The standard InChI is InChI=1S/C12H17N7OS/c1-3-20-6-10-18-9(15-2)5-11(19-10)21-12-16-7(13)4-8(14)17-12/h4-5H,3,6H2,1-2H3,(H,15,18,19)(H4,13,14,16,17). The summed E-state index contributed by atoms with van der Waals surface area (Å²) in [5, 5.41) is 4.11. The zero-order valence-electron chi connectivity index (χ0n) is 11.8. The number of nitrogens with zero attached hydrogens (tertiary/aromatic N) is 4. The summed E-state index contributed by atoms with van der Waals surface area (Å²) in [7, 11) is 1.79. The van der Waals surface area contributed by atoms with E-state index in [0.717, 1.165) is 0 Å². The first kappa shape index (κ1) is 15.3. The van der Waals surface area contributed by atoms with Crippen molar-refractivity contribution in [3.05, 3.63) is 18.0 Å². The molecule has 2 heterocycles. The Morgan fingerprint density at radius 1 is 1.14 bits per heavy atom. The summed E-state index contributed by atoms with van der Waals surface area (Å²) in [6.45, 7) is 2.87. The van der Waals surface area contributed by atoms with Crippen molar-refractivity contribution < 1.29 is 4.74 Å². The van der Waals surface area contributed by atoms with Crippen molar-refractivity contribution >= 4 is 29.2 Å². The van der Waals surface area contributed by atoms with Crippen LogP contribution in [0.4, 0.5) is 17.5 Å². The number of hydrogen-bond donors (Lipinski definition) is 3. The Balaban J connectivity index is 2.25. The third-order valence-electron chi connectivity index (χ3n) is 2.38. The Kier molecular flexibility index (Phi) is 5.12. The van der Waals surface area contributed by atoms with Gasteiger partial charge in [0.25, 0.3) is 0 Å². The Hall–Kier alpha value is -2.13. The average Bonchev–Trinajstić information content (AvgIpc) is 2.43. The highest BCUT2D eigenvalue weighted by Gasteiger charge is 2.09. The molecule has 0 radical (unpaired) electrons. The van der Waals surface area contributed by atoms with E-state index in [2.05, 4.69) is 25.3 Å². The lowest BCUT2D eigenvalue weighted by molar-refractivity contribution is 0.128. The SMILES string of the molecule is CCOCc1nc(NC)cc(Sc2nc(N)cc(N)n2)n1. The van der Waals surface area contributed by atoms with Crippen LogP contribution in [0, 0.1) is 0 Å². The Bertz CT molecular complexity index is 602. The molecule has 0 unspecified atom stereocenters. The van der Waals surface area contributed by atoms with E-state index in [-0.39, 0.29) is 0 Å². The van der Waals surface area contributed by atoms with E-state index in [9.17, 15) is 0 Å². The second kappa shape index (κ2) is 7.04. The van der Waals surface area contributed by atoms with Gasteiger partial charge >= 0.3 is 0 Å². The highest BCUT2D eigenvalue weighted by Crippen LogP contribution is 2.26.